The molecule has 1 amide bonds. The fourth-order valence-electron chi connectivity index (χ4n) is 2.80. The molecule has 1 fully saturated rings. The smallest absolute Gasteiger partial charge is 0.342 e. The van der Waals surface area contributed by atoms with Crippen molar-refractivity contribution in [2.45, 2.75) is 31.2 Å². The maximum Gasteiger partial charge on any atom is 0.342 e. The van der Waals surface area contributed by atoms with Crippen molar-refractivity contribution in [3.63, 3.8) is 0 Å². The lowest BCUT2D eigenvalue weighted by molar-refractivity contribution is -0.125. The molecule has 7 nitrogen and oxygen atoms in total. The summed E-state index contributed by atoms with van der Waals surface area (Å²) in [4.78, 5) is 24.2. The molecular formula is C17H20N2O5. The van der Waals surface area contributed by atoms with Gasteiger partial charge in [0.2, 0.25) is 0 Å². The summed E-state index contributed by atoms with van der Waals surface area (Å²) >= 11 is 0. The van der Waals surface area contributed by atoms with Crippen molar-refractivity contribution in [2.24, 2.45) is 0 Å². The van der Waals surface area contributed by atoms with E-state index in [1.165, 1.54) is 20.3 Å². The summed E-state index contributed by atoms with van der Waals surface area (Å²) in [5.41, 5.74) is -0.669. The number of amides is 1. The van der Waals surface area contributed by atoms with Crippen LogP contribution in [0.25, 0.3) is 0 Å². The van der Waals surface area contributed by atoms with Gasteiger partial charge in [-0.15, -0.1) is 0 Å². The number of ether oxygens (including phenoxy) is 3. The normalized spacial score (nSPS) is 15.2. The SMILES string of the molecule is COc1cccc(C(=O)OCC(=O)NC2(C#N)CCCC2)c1OC. The molecule has 0 bridgehead atoms. The molecule has 0 atom stereocenters. The van der Waals surface area contributed by atoms with Crippen molar-refractivity contribution in [3.8, 4) is 17.6 Å². The first-order chi connectivity index (χ1) is 11.5. The summed E-state index contributed by atoms with van der Waals surface area (Å²) in [7, 11) is 2.88. The van der Waals surface area contributed by atoms with E-state index in [2.05, 4.69) is 11.4 Å². The van der Waals surface area contributed by atoms with Gasteiger partial charge in [0.25, 0.3) is 5.91 Å². The number of carbonyl (C=O) groups is 2. The van der Waals surface area contributed by atoms with E-state index in [1.54, 1.807) is 12.1 Å². The van der Waals surface area contributed by atoms with Crippen LogP contribution < -0.4 is 14.8 Å². The number of carbonyl (C=O) groups excluding carboxylic acids is 2. The highest BCUT2D eigenvalue weighted by Gasteiger charge is 2.35. The minimum Gasteiger partial charge on any atom is -0.493 e. The molecule has 0 aromatic heterocycles. The lowest BCUT2D eigenvalue weighted by atomic mass is 10.00. The summed E-state index contributed by atoms with van der Waals surface area (Å²) in [6.45, 7) is -0.456. The van der Waals surface area contributed by atoms with Crippen molar-refractivity contribution in [2.75, 3.05) is 20.8 Å². The van der Waals surface area contributed by atoms with Gasteiger partial charge in [-0.05, 0) is 37.8 Å². The molecular weight excluding hydrogens is 312 g/mol. The van der Waals surface area contributed by atoms with Crippen LogP contribution in [0.5, 0.6) is 11.5 Å². The average molecular weight is 332 g/mol. The highest BCUT2D eigenvalue weighted by molar-refractivity contribution is 5.95. The van der Waals surface area contributed by atoms with Crippen molar-refractivity contribution in [1.29, 1.82) is 5.26 Å². The zero-order chi connectivity index (χ0) is 17.6. The van der Waals surface area contributed by atoms with Gasteiger partial charge in [0.15, 0.2) is 18.1 Å². The number of nitrogens with one attached hydrogen (secondary N) is 1. The summed E-state index contributed by atoms with van der Waals surface area (Å²) in [6.07, 6.45) is 3.03. The molecule has 1 aliphatic carbocycles. The van der Waals surface area contributed by atoms with Crippen LogP contribution in [0.4, 0.5) is 0 Å². The minimum absolute atomic E-state index is 0.167. The number of hydrogen-bond donors (Lipinski definition) is 1. The Morgan fingerprint density at radius 3 is 2.54 bits per heavy atom. The van der Waals surface area contributed by atoms with Gasteiger partial charge in [0.05, 0.1) is 20.3 Å². The minimum atomic E-state index is -0.836. The van der Waals surface area contributed by atoms with Crippen LogP contribution >= 0.6 is 0 Å². The molecule has 0 radical (unpaired) electrons. The second kappa shape index (κ2) is 7.68. The molecule has 24 heavy (non-hydrogen) atoms. The lowest BCUT2D eigenvalue weighted by Gasteiger charge is -2.21. The molecule has 0 unspecified atom stereocenters. The Kier molecular flexibility index (Phi) is 5.64. The van der Waals surface area contributed by atoms with Gasteiger partial charge in [-0.2, -0.15) is 5.26 Å². The first kappa shape index (κ1) is 17.6. The lowest BCUT2D eigenvalue weighted by Crippen LogP contribution is -2.46. The van der Waals surface area contributed by atoms with Crippen LogP contribution in [0.2, 0.25) is 0 Å². The summed E-state index contributed by atoms with van der Waals surface area (Å²) in [5, 5.41) is 11.9. The summed E-state index contributed by atoms with van der Waals surface area (Å²) in [6, 6.07) is 6.95. The topological polar surface area (TPSA) is 97.6 Å². The fourth-order valence-corrected chi connectivity index (χ4v) is 2.80. The zero-order valence-electron chi connectivity index (χ0n) is 13.8. The second-order valence-electron chi connectivity index (χ2n) is 5.57. The molecule has 0 saturated heterocycles. The first-order valence-corrected chi connectivity index (χ1v) is 7.65. The number of nitrogens with zero attached hydrogens (tertiary/aromatic N) is 1. The van der Waals surface area contributed by atoms with Crippen LogP contribution in [0.15, 0.2) is 18.2 Å². The molecule has 1 saturated carbocycles. The predicted octanol–water partition coefficient (Wildman–Crippen LogP) is 1.81. The van der Waals surface area contributed by atoms with E-state index in [0.29, 0.717) is 18.6 Å². The van der Waals surface area contributed by atoms with Gasteiger partial charge in [0.1, 0.15) is 11.1 Å². The van der Waals surface area contributed by atoms with E-state index in [-0.39, 0.29) is 11.3 Å². The van der Waals surface area contributed by atoms with Crippen LogP contribution in [0.3, 0.4) is 0 Å². The third kappa shape index (κ3) is 3.77. The standard InChI is InChI=1S/C17H20N2O5/c1-22-13-7-5-6-12(15(13)23-2)16(21)24-10-14(20)19-17(11-18)8-3-4-9-17/h5-7H,3-4,8-10H2,1-2H3,(H,19,20). The Labute approximate surface area is 140 Å². The number of para-hydroxylation sites is 1. The zero-order valence-corrected chi connectivity index (χ0v) is 13.8. The fraction of sp³-hybridized carbons (Fsp3) is 0.471. The highest BCUT2D eigenvalue weighted by atomic mass is 16.5. The van der Waals surface area contributed by atoms with E-state index < -0.39 is 24.0 Å². The third-order valence-corrected chi connectivity index (χ3v) is 4.01. The van der Waals surface area contributed by atoms with E-state index >= 15 is 0 Å². The maximum absolute atomic E-state index is 12.2. The molecule has 1 aliphatic rings. The Balaban J connectivity index is 1.98. The molecule has 1 aromatic rings. The molecule has 0 spiro atoms. The van der Waals surface area contributed by atoms with Crippen molar-refractivity contribution in [3.05, 3.63) is 23.8 Å². The monoisotopic (exact) mass is 332 g/mol. The van der Waals surface area contributed by atoms with Gasteiger partial charge >= 0.3 is 5.97 Å². The second-order valence-corrected chi connectivity index (χ2v) is 5.57. The number of esters is 1. The van der Waals surface area contributed by atoms with Crippen LogP contribution in [-0.4, -0.2) is 38.2 Å². The van der Waals surface area contributed by atoms with E-state index in [9.17, 15) is 14.9 Å². The quantitative estimate of drug-likeness (QED) is 0.798. The molecule has 1 aromatic carbocycles. The summed E-state index contributed by atoms with van der Waals surface area (Å²) < 4.78 is 15.3. The number of rotatable bonds is 6. The summed E-state index contributed by atoms with van der Waals surface area (Å²) in [5.74, 6) is -0.549. The Bertz CT molecular complexity index is 659. The van der Waals surface area contributed by atoms with Crippen LogP contribution in [0.1, 0.15) is 36.0 Å². The molecule has 0 heterocycles. The molecule has 2 rings (SSSR count). The van der Waals surface area contributed by atoms with Crippen molar-refractivity contribution in [1.82, 2.24) is 5.32 Å². The molecule has 0 aliphatic heterocycles. The number of hydrogen-bond acceptors (Lipinski definition) is 6. The molecule has 128 valence electrons. The van der Waals surface area contributed by atoms with Gasteiger partial charge < -0.3 is 19.5 Å². The number of benzene rings is 1. The Morgan fingerprint density at radius 2 is 1.96 bits per heavy atom. The van der Waals surface area contributed by atoms with E-state index in [4.69, 9.17) is 14.2 Å². The van der Waals surface area contributed by atoms with Gasteiger partial charge in [-0.1, -0.05) is 6.07 Å². The molecule has 7 heteroatoms. The maximum atomic E-state index is 12.2. The Morgan fingerprint density at radius 1 is 1.25 bits per heavy atom. The highest BCUT2D eigenvalue weighted by Crippen LogP contribution is 2.31. The van der Waals surface area contributed by atoms with Gasteiger partial charge in [-0.3, -0.25) is 4.79 Å². The third-order valence-electron chi connectivity index (χ3n) is 4.01. The largest absolute Gasteiger partial charge is 0.493 e. The van der Waals surface area contributed by atoms with Gasteiger partial charge in [0, 0.05) is 0 Å². The van der Waals surface area contributed by atoms with Crippen LogP contribution in [0, 0.1) is 11.3 Å². The predicted molar refractivity (Wildman–Crippen MR) is 84.8 cm³/mol. The van der Waals surface area contributed by atoms with Crippen molar-refractivity contribution >= 4 is 11.9 Å². The number of methoxy groups -OCH3 is 2. The Hall–Kier alpha value is -2.75. The average Bonchev–Trinajstić information content (AvgIpc) is 3.07. The first-order valence-electron chi connectivity index (χ1n) is 7.65. The molecule has 1 N–H and O–H groups in total. The van der Waals surface area contributed by atoms with E-state index in [1.807, 2.05) is 0 Å². The van der Waals surface area contributed by atoms with E-state index in [0.717, 1.165) is 12.8 Å². The van der Waals surface area contributed by atoms with Crippen LogP contribution in [-0.2, 0) is 9.53 Å². The number of nitriles is 1. The van der Waals surface area contributed by atoms with Crippen molar-refractivity contribution < 1.29 is 23.8 Å². The van der Waals surface area contributed by atoms with Gasteiger partial charge in [-0.25, -0.2) is 4.79 Å².